The first-order chi connectivity index (χ1) is 8.24. The summed E-state index contributed by atoms with van der Waals surface area (Å²) >= 11 is 0. The summed E-state index contributed by atoms with van der Waals surface area (Å²) in [4.78, 5) is 6.39. The number of hydrogen-bond donors (Lipinski definition) is 1. The summed E-state index contributed by atoms with van der Waals surface area (Å²) in [6.45, 7) is 6.65. The van der Waals surface area contributed by atoms with Crippen LogP contribution >= 0.6 is 0 Å². The maximum absolute atomic E-state index is 13.2. The Labute approximate surface area is 101 Å². The Morgan fingerprint density at radius 1 is 1.35 bits per heavy atom. The van der Waals surface area contributed by atoms with Crippen molar-refractivity contribution in [1.82, 2.24) is 15.2 Å². The van der Waals surface area contributed by atoms with E-state index in [2.05, 4.69) is 22.1 Å². The normalized spacial score (nSPS) is 30.5. The maximum atomic E-state index is 13.2. The molecule has 3 heterocycles. The lowest BCUT2D eigenvalue weighted by Gasteiger charge is -2.25. The van der Waals surface area contributed by atoms with Crippen molar-refractivity contribution in [2.75, 3.05) is 26.2 Å². The van der Waals surface area contributed by atoms with Crippen molar-refractivity contribution >= 4 is 0 Å². The third kappa shape index (κ3) is 2.07. The van der Waals surface area contributed by atoms with E-state index in [1.54, 1.807) is 12.3 Å². The van der Waals surface area contributed by atoms with Gasteiger partial charge in [-0.05, 0) is 43.5 Å². The van der Waals surface area contributed by atoms with Gasteiger partial charge in [-0.15, -0.1) is 0 Å². The molecule has 0 amide bonds. The zero-order chi connectivity index (χ0) is 11.8. The second kappa shape index (κ2) is 4.35. The summed E-state index contributed by atoms with van der Waals surface area (Å²) < 4.78 is 13.2. The van der Waals surface area contributed by atoms with E-state index in [0.717, 1.165) is 43.6 Å². The molecule has 2 saturated heterocycles. The van der Waals surface area contributed by atoms with Crippen LogP contribution in [0.4, 0.5) is 4.39 Å². The Bertz CT molecular complexity index is 397. The summed E-state index contributed by atoms with van der Waals surface area (Å²) in [5, 5.41) is 3.43. The quantitative estimate of drug-likeness (QED) is 0.840. The number of halogens is 1. The number of fused-ring (bicyclic) bond motifs is 1. The summed E-state index contributed by atoms with van der Waals surface area (Å²) in [5.74, 6) is 1.31. The average molecular weight is 235 g/mol. The Kier molecular flexibility index (Phi) is 2.84. The predicted octanol–water partition coefficient (Wildman–Crippen LogP) is 1.43. The van der Waals surface area contributed by atoms with Gasteiger partial charge in [0.2, 0.25) is 0 Å². The molecule has 0 bridgehead atoms. The molecule has 0 saturated carbocycles. The second-order valence-corrected chi connectivity index (χ2v) is 5.24. The first-order valence-corrected chi connectivity index (χ1v) is 6.29. The van der Waals surface area contributed by atoms with Crippen LogP contribution in [0, 0.1) is 17.7 Å². The van der Waals surface area contributed by atoms with Crippen LogP contribution in [0.1, 0.15) is 18.5 Å². The molecule has 0 radical (unpaired) electrons. The van der Waals surface area contributed by atoms with Gasteiger partial charge in [0.05, 0.1) is 6.20 Å². The fourth-order valence-corrected chi connectivity index (χ4v) is 3.08. The van der Waals surface area contributed by atoms with Gasteiger partial charge in [-0.2, -0.15) is 0 Å². The monoisotopic (exact) mass is 235 g/mol. The van der Waals surface area contributed by atoms with Crippen LogP contribution in [0.15, 0.2) is 18.5 Å². The van der Waals surface area contributed by atoms with Crippen LogP contribution < -0.4 is 5.32 Å². The molecule has 92 valence electrons. The van der Waals surface area contributed by atoms with Crippen LogP contribution in [0.5, 0.6) is 0 Å². The lowest BCUT2D eigenvalue weighted by Crippen LogP contribution is -2.28. The van der Waals surface area contributed by atoms with Crippen molar-refractivity contribution in [2.24, 2.45) is 11.8 Å². The van der Waals surface area contributed by atoms with E-state index in [1.807, 2.05) is 0 Å². The molecule has 0 aromatic carbocycles. The Hall–Kier alpha value is -1.00. The number of rotatable bonds is 2. The Morgan fingerprint density at radius 2 is 2.06 bits per heavy atom. The van der Waals surface area contributed by atoms with Crippen LogP contribution in [0.25, 0.3) is 0 Å². The van der Waals surface area contributed by atoms with Crippen molar-refractivity contribution in [2.45, 2.75) is 13.0 Å². The van der Waals surface area contributed by atoms with Crippen molar-refractivity contribution in [3.63, 3.8) is 0 Å². The third-order valence-electron chi connectivity index (χ3n) is 4.17. The molecule has 3 rings (SSSR count). The second-order valence-electron chi connectivity index (χ2n) is 5.24. The molecule has 0 aliphatic carbocycles. The van der Waals surface area contributed by atoms with E-state index in [-0.39, 0.29) is 11.9 Å². The molecule has 4 heteroatoms. The number of nitrogens with zero attached hydrogens (tertiary/aromatic N) is 2. The lowest BCUT2D eigenvalue weighted by molar-refractivity contribution is 0.243. The molecule has 3 atom stereocenters. The smallest absolute Gasteiger partial charge is 0.141 e. The molecule has 2 fully saturated rings. The summed E-state index contributed by atoms with van der Waals surface area (Å²) in [6, 6.07) is 1.87. The van der Waals surface area contributed by atoms with E-state index in [0.29, 0.717) is 0 Å². The van der Waals surface area contributed by atoms with Crippen molar-refractivity contribution < 1.29 is 4.39 Å². The molecule has 1 N–H and O–H groups in total. The molecular weight excluding hydrogens is 217 g/mol. The predicted molar refractivity (Wildman–Crippen MR) is 64.0 cm³/mol. The minimum Gasteiger partial charge on any atom is -0.316 e. The minimum absolute atomic E-state index is 0.240. The fourth-order valence-electron chi connectivity index (χ4n) is 3.08. The van der Waals surface area contributed by atoms with E-state index in [1.165, 1.54) is 6.20 Å². The number of hydrogen-bond acceptors (Lipinski definition) is 3. The van der Waals surface area contributed by atoms with Gasteiger partial charge >= 0.3 is 0 Å². The molecule has 17 heavy (non-hydrogen) atoms. The summed E-state index contributed by atoms with van der Waals surface area (Å²) in [6.07, 6.45) is 3.04. The minimum atomic E-state index is -0.240. The van der Waals surface area contributed by atoms with Gasteiger partial charge < -0.3 is 5.32 Å². The Morgan fingerprint density at radius 3 is 2.71 bits per heavy atom. The van der Waals surface area contributed by atoms with E-state index in [4.69, 9.17) is 0 Å². The fraction of sp³-hybridized carbons (Fsp3) is 0.615. The number of likely N-dealkylation sites (tertiary alicyclic amines) is 1. The molecule has 1 unspecified atom stereocenters. The van der Waals surface area contributed by atoms with Crippen LogP contribution in [-0.2, 0) is 0 Å². The summed E-state index contributed by atoms with van der Waals surface area (Å²) in [5.41, 5.74) is 0.984. The highest BCUT2D eigenvalue weighted by Gasteiger charge is 2.37. The van der Waals surface area contributed by atoms with Gasteiger partial charge in [-0.3, -0.25) is 9.88 Å². The molecule has 1 aromatic rings. The van der Waals surface area contributed by atoms with Crippen LogP contribution in [0.2, 0.25) is 0 Å². The van der Waals surface area contributed by atoms with Gasteiger partial charge in [0, 0.05) is 25.3 Å². The molecular formula is C13H18FN3. The molecule has 2 aliphatic heterocycles. The van der Waals surface area contributed by atoms with Gasteiger partial charge in [-0.1, -0.05) is 0 Å². The highest BCUT2D eigenvalue weighted by Crippen LogP contribution is 2.32. The van der Waals surface area contributed by atoms with Crippen LogP contribution in [-0.4, -0.2) is 36.1 Å². The van der Waals surface area contributed by atoms with Gasteiger partial charge in [-0.25, -0.2) is 4.39 Å². The average Bonchev–Trinajstić information content (AvgIpc) is 2.88. The zero-order valence-corrected chi connectivity index (χ0v) is 10.1. The third-order valence-corrected chi connectivity index (χ3v) is 4.17. The van der Waals surface area contributed by atoms with E-state index in [9.17, 15) is 4.39 Å². The largest absolute Gasteiger partial charge is 0.316 e. The van der Waals surface area contributed by atoms with Crippen molar-refractivity contribution in [3.8, 4) is 0 Å². The molecule has 1 aromatic heterocycles. The molecule has 0 spiro atoms. The lowest BCUT2D eigenvalue weighted by atomic mass is 10.0. The standard InChI is InChI=1S/C13H18FN3/c1-9(10-2-13(14)6-16-3-10)17-7-11-4-15-5-12(11)8-17/h2-3,6,9,11-12,15H,4-5,7-8H2,1H3/t9?,11-,12+. The topological polar surface area (TPSA) is 28.2 Å². The van der Waals surface area contributed by atoms with Crippen molar-refractivity contribution in [3.05, 3.63) is 29.8 Å². The molecule has 2 aliphatic rings. The SMILES string of the molecule is CC(c1cncc(F)c1)N1C[C@H]2CNC[C@H]2C1. The van der Waals surface area contributed by atoms with Gasteiger partial charge in [0.15, 0.2) is 0 Å². The summed E-state index contributed by atoms with van der Waals surface area (Å²) in [7, 11) is 0. The first-order valence-electron chi connectivity index (χ1n) is 6.29. The highest BCUT2D eigenvalue weighted by molar-refractivity contribution is 5.15. The van der Waals surface area contributed by atoms with Crippen molar-refractivity contribution in [1.29, 1.82) is 0 Å². The number of aromatic nitrogens is 1. The van der Waals surface area contributed by atoms with E-state index >= 15 is 0 Å². The first kappa shape index (κ1) is 11.1. The van der Waals surface area contributed by atoms with Gasteiger partial charge in [0.1, 0.15) is 5.82 Å². The number of nitrogens with one attached hydrogen (secondary N) is 1. The highest BCUT2D eigenvalue weighted by atomic mass is 19.1. The Balaban J connectivity index is 1.73. The van der Waals surface area contributed by atoms with Crippen LogP contribution in [0.3, 0.4) is 0 Å². The van der Waals surface area contributed by atoms with Gasteiger partial charge in [0.25, 0.3) is 0 Å². The number of pyridine rings is 1. The van der Waals surface area contributed by atoms with E-state index < -0.39 is 0 Å². The zero-order valence-electron chi connectivity index (χ0n) is 10.1. The maximum Gasteiger partial charge on any atom is 0.141 e. The molecule has 3 nitrogen and oxygen atoms in total.